The molecule has 1 aromatic carbocycles. The Bertz CT molecular complexity index is 222. The van der Waals surface area contributed by atoms with Gasteiger partial charge in [0.2, 0.25) is 0 Å². The largest absolute Gasteiger partial charge is 0.149 e. The summed E-state index contributed by atoms with van der Waals surface area (Å²) < 4.78 is 1.59. The Kier molecular flexibility index (Phi) is 2.13. The van der Waals surface area contributed by atoms with Crippen LogP contribution in [0.1, 0.15) is 0 Å². The first-order valence-corrected chi connectivity index (χ1v) is 3.93. The minimum Gasteiger partial charge on any atom is -0.149 e. The maximum Gasteiger partial charge on any atom is 0.101 e. The Hall–Kier alpha value is -0.0200. The van der Waals surface area contributed by atoms with E-state index in [0.717, 1.165) is 4.47 Å². The molecular formula is C6H3Br2N. The predicted octanol–water partition coefficient (Wildman–Crippen LogP) is 2.91. The summed E-state index contributed by atoms with van der Waals surface area (Å²) in [5.74, 6) is 0. The second kappa shape index (κ2) is 2.71. The molecule has 9 heavy (non-hydrogen) atoms. The summed E-state index contributed by atoms with van der Waals surface area (Å²) in [4.78, 5) is 0. The van der Waals surface area contributed by atoms with Gasteiger partial charge in [0.1, 0.15) is 5.69 Å². The fourth-order valence-corrected chi connectivity index (χ4v) is 1.08. The van der Waals surface area contributed by atoms with Gasteiger partial charge in [-0.05, 0) is 34.1 Å². The molecule has 0 saturated heterocycles. The average molecular weight is 249 g/mol. The van der Waals surface area contributed by atoms with E-state index < -0.39 is 0 Å². The van der Waals surface area contributed by atoms with Crippen LogP contribution in [0.4, 0.5) is 5.69 Å². The van der Waals surface area contributed by atoms with Gasteiger partial charge in [0, 0.05) is 8.95 Å². The lowest BCUT2D eigenvalue weighted by Gasteiger charge is -1.92. The van der Waals surface area contributed by atoms with E-state index in [0.29, 0.717) is 4.47 Å². The quantitative estimate of drug-likeness (QED) is 0.674. The minimum atomic E-state index is 0.254. The molecule has 3 heteroatoms. The number of hydrogen-bond acceptors (Lipinski definition) is 0. The van der Waals surface area contributed by atoms with Gasteiger partial charge >= 0.3 is 0 Å². The Morgan fingerprint density at radius 2 is 1.89 bits per heavy atom. The predicted molar refractivity (Wildman–Crippen MR) is 43.6 cm³/mol. The van der Waals surface area contributed by atoms with Gasteiger partial charge in [0.25, 0.3) is 0 Å². The van der Waals surface area contributed by atoms with Gasteiger partial charge in [-0.1, -0.05) is 15.9 Å². The van der Waals surface area contributed by atoms with Crippen LogP contribution in [0.3, 0.4) is 0 Å². The van der Waals surface area contributed by atoms with Crippen molar-refractivity contribution in [2.45, 2.75) is 0 Å². The zero-order valence-corrected chi connectivity index (χ0v) is 7.61. The van der Waals surface area contributed by atoms with E-state index in [1.807, 2.05) is 6.07 Å². The third-order valence-corrected chi connectivity index (χ3v) is 2.07. The van der Waals surface area contributed by atoms with Crippen molar-refractivity contribution in [3.63, 3.8) is 0 Å². The van der Waals surface area contributed by atoms with E-state index in [-0.39, 0.29) is 5.69 Å². The Morgan fingerprint density at radius 1 is 1.22 bits per heavy atom. The highest BCUT2D eigenvalue weighted by atomic mass is 79.9. The smallest absolute Gasteiger partial charge is 0.101 e. The fourth-order valence-electron chi connectivity index (χ4n) is 0.486. The van der Waals surface area contributed by atoms with Crippen molar-refractivity contribution in [3.8, 4) is 0 Å². The molecule has 1 rings (SSSR count). The van der Waals surface area contributed by atoms with Gasteiger partial charge in [-0.15, -0.1) is 5.73 Å². The monoisotopic (exact) mass is 247 g/mol. The van der Waals surface area contributed by atoms with E-state index in [1.54, 1.807) is 12.1 Å². The molecule has 1 nitrogen and oxygen atoms in total. The molecule has 2 radical (unpaired) electrons. The molecule has 0 N–H and O–H groups in total. The van der Waals surface area contributed by atoms with Crippen LogP contribution < -0.4 is 5.73 Å². The van der Waals surface area contributed by atoms with Crippen LogP contribution in [0.15, 0.2) is 27.1 Å². The van der Waals surface area contributed by atoms with Crippen molar-refractivity contribution in [3.05, 3.63) is 27.1 Å². The van der Waals surface area contributed by atoms with Gasteiger partial charge in [0.15, 0.2) is 0 Å². The SMILES string of the molecule is [N]c1cc(Br)ccc1Br. The first-order valence-electron chi connectivity index (χ1n) is 2.34. The maximum atomic E-state index is 9.02. The molecule has 0 aromatic heterocycles. The summed E-state index contributed by atoms with van der Waals surface area (Å²) in [7, 11) is 0. The number of benzene rings is 1. The van der Waals surface area contributed by atoms with Gasteiger partial charge in [-0.25, -0.2) is 0 Å². The molecule has 1 aromatic rings. The van der Waals surface area contributed by atoms with Crippen LogP contribution in [0, 0.1) is 0 Å². The highest BCUT2D eigenvalue weighted by Gasteiger charge is 1.95. The molecule has 0 fully saturated rings. The van der Waals surface area contributed by atoms with E-state index >= 15 is 0 Å². The Balaban J connectivity index is 3.17. The first-order chi connectivity index (χ1) is 4.20. The average Bonchev–Trinajstić information content (AvgIpc) is 1.80. The molecule has 46 valence electrons. The summed E-state index contributed by atoms with van der Waals surface area (Å²) in [5, 5.41) is 0. The molecule has 0 spiro atoms. The summed E-state index contributed by atoms with van der Waals surface area (Å²) in [6.07, 6.45) is 0. The molecule has 0 aliphatic carbocycles. The number of nitrogens with zero attached hydrogens (tertiary/aromatic N) is 1. The van der Waals surface area contributed by atoms with Crippen LogP contribution in [-0.4, -0.2) is 0 Å². The zero-order chi connectivity index (χ0) is 6.85. The van der Waals surface area contributed by atoms with Crippen LogP contribution in [-0.2, 0) is 0 Å². The van der Waals surface area contributed by atoms with Gasteiger partial charge in [-0.2, -0.15) is 0 Å². The van der Waals surface area contributed by atoms with Gasteiger partial charge in [-0.3, -0.25) is 0 Å². The van der Waals surface area contributed by atoms with E-state index in [2.05, 4.69) is 31.9 Å². The molecule has 0 unspecified atom stereocenters. The molecule has 0 saturated carbocycles. The molecule has 0 amide bonds. The van der Waals surface area contributed by atoms with Crippen molar-refractivity contribution < 1.29 is 0 Å². The van der Waals surface area contributed by atoms with Crippen LogP contribution in [0.25, 0.3) is 0 Å². The van der Waals surface area contributed by atoms with Crippen molar-refractivity contribution >= 4 is 37.5 Å². The topological polar surface area (TPSA) is 22.3 Å². The second-order valence-corrected chi connectivity index (χ2v) is 3.37. The third kappa shape index (κ3) is 1.69. The van der Waals surface area contributed by atoms with E-state index in [4.69, 9.17) is 5.73 Å². The van der Waals surface area contributed by atoms with Crippen molar-refractivity contribution in [1.29, 1.82) is 0 Å². The molecule has 0 heterocycles. The van der Waals surface area contributed by atoms with E-state index in [9.17, 15) is 0 Å². The van der Waals surface area contributed by atoms with Crippen LogP contribution >= 0.6 is 31.9 Å². The van der Waals surface area contributed by atoms with Crippen LogP contribution in [0.2, 0.25) is 0 Å². The highest BCUT2D eigenvalue weighted by molar-refractivity contribution is 9.11. The number of halogens is 2. The summed E-state index contributed by atoms with van der Waals surface area (Å²) in [6, 6.07) is 5.26. The van der Waals surface area contributed by atoms with Gasteiger partial charge < -0.3 is 0 Å². The number of hydrogen-bond donors (Lipinski definition) is 0. The van der Waals surface area contributed by atoms with E-state index in [1.165, 1.54) is 0 Å². The molecule has 0 aliphatic rings. The molecule has 0 bridgehead atoms. The zero-order valence-electron chi connectivity index (χ0n) is 4.44. The lowest BCUT2D eigenvalue weighted by Crippen LogP contribution is -1.71. The van der Waals surface area contributed by atoms with Crippen molar-refractivity contribution in [1.82, 2.24) is 5.73 Å². The van der Waals surface area contributed by atoms with Crippen LogP contribution in [0.5, 0.6) is 0 Å². The summed E-state index contributed by atoms with van der Waals surface area (Å²) in [5.41, 5.74) is 9.28. The summed E-state index contributed by atoms with van der Waals surface area (Å²) in [6.45, 7) is 0. The van der Waals surface area contributed by atoms with Gasteiger partial charge in [0.05, 0.1) is 0 Å². The first kappa shape index (κ1) is 7.09. The highest BCUT2D eigenvalue weighted by Crippen LogP contribution is 2.23. The number of rotatable bonds is 0. The lowest BCUT2D eigenvalue weighted by atomic mass is 10.3. The second-order valence-electron chi connectivity index (χ2n) is 1.60. The van der Waals surface area contributed by atoms with Crippen molar-refractivity contribution in [2.75, 3.05) is 0 Å². The third-order valence-electron chi connectivity index (χ3n) is 0.908. The molecular weight excluding hydrogens is 246 g/mol. The fraction of sp³-hybridized carbons (Fsp3) is 0. The maximum absolute atomic E-state index is 9.02. The van der Waals surface area contributed by atoms with Crippen molar-refractivity contribution in [2.24, 2.45) is 0 Å². The Labute approximate surface area is 70.5 Å². The molecule has 0 atom stereocenters. The summed E-state index contributed by atoms with van der Waals surface area (Å²) >= 11 is 6.37. The Morgan fingerprint density at radius 3 is 2.33 bits per heavy atom. The minimum absolute atomic E-state index is 0.254. The lowest BCUT2D eigenvalue weighted by molar-refractivity contribution is 1.44. The normalized spacial score (nSPS) is 9.56. The molecule has 0 aliphatic heterocycles. The standard InChI is InChI=1S/C6H3Br2N/c7-4-1-2-5(8)6(9)3-4/h1-3H.